The molecular weight excluding hydrogens is 474 g/mol. The number of benzene rings is 1. The minimum atomic E-state index is -1.56. The Labute approximate surface area is 205 Å². The zero-order valence-corrected chi connectivity index (χ0v) is 19.2. The van der Waals surface area contributed by atoms with Gasteiger partial charge in [-0.1, -0.05) is 30.3 Å². The summed E-state index contributed by atoms with van der Waals surface area (Å²) in [6.45, 7) is -0.842. The summed E-state index contributed by atoms with van der Waals surface area (Å²) in [4.78, 5) is 67.5. The van der Waals surface area contributed by atoms with Crippen LogP contribution in [-0.2, 0) is 36.8 Å². The standard InChI is InChI=1S/C22H29N7O7/c23-14(7-13-9-25-11-26-13)19(32)29-17(10-30)21(34)27-15(8-18(24)31)20(33)28-16(22(35)36)6-12-4-2-1-3-5-12/h1-5,9,11,14-17,30H,6-8,10,23H2,(H2,24,31)(H,25,26)(H,27,34)(H,28,33)(H,29,32)(H,35,36). The van der Waals surface area contributed by atoms with E-state index in [0.29, 0.717) is 11.3 Å². The number of H-pyrrole nitrogens is 1. The van der Waals surface area contributed by atoms with Crippen LogP contribution in [0.25, 0.3) is 0 Å². The van der Waals surface area contributed by atoms with Crippen LogP contribution in [0.3, 0.4) is 0 Å². The molecular formula is C22H29N7O7. The Morgan fingerprint density at radius 1 is 0.917 bits per heavy atom. The van der Waals surface area contributed by atoms with Crippen molar-refractivity contribution in [3.63, 3.8) is 0 Å². The zero-order valence-electron chi connectivity index (χ0n) is 19.2. The number of nitrogens with one attached hydrogen (secondary N) is 4. The summed E-state index contributed by atoms with van der Waals surface area (Å²) in [6, 6.07) is 3.01. The van der Waals surface area contributed by atoms with Gasteiger partial charge in [-0.2, -0.15) is 0 Å². The van der Waals surface area contributed by atoms with E-state index >= 15 is 0 Å². The Bertz CT molecular complexity index is 1050. The summed E-state index contributed by atoms with van der Waals surface area (Å²) >= 11 is 0. The summed E-state index contributed by atoms with van der Waals surface area (Å²) < 4.78 is 0. The first-order valence-corrected chi connectivity index (χ1v) is 10.9. The van der Waals surface area contributed by atoms with Gasteiger partial charge in [-0.25, -0.2) is 9.78 Å². The highest BCUT2D eigenvalue weighted by Crippen LogP contribution is 2.05. The second kappa shape index (κ2) is 13.6. The number of amides is 4. The molecule has 1 aromatic carbocycles. The molecule has 0 fully saturated rings. The van der Waals surface area contributed by atoms with E-state index in [4.69, 9.17) is 11.5 Å². The largest absolute Gasteiger partial charge is 0.480 e. The lowest BCUT2D eigenvalue weighted by atomic mass is 10.0. The molecule has 36 heavy (non-hydrogen) atoms. The smallest absolute Gasteiger partial charge is 0.326 e. The van der Waals surface area contributed by atoms with Crippen molar-refractivity contribution in [2.45, 2.75) is 43.4 Å². The molecule has 0 bridgehead atoms. The Morgan fingerprint density at radius 2 is 1.53 bits per heavy atom. The van der Waals surface area contributed by atoms with Crippen LogP contribution in [0.15, 0.2) is 42.9 Å². The van der Waals surface area contributed by atoms with Crippen molar-refractivity contribution in [3.8, 4) is 0 Å². The number of nitrogens with zero attached hydrogens (tertiary/aromatic N) is 1. The molecule has 1 heterocycles. The van der Waals surface area contributed by atoms with E-state index in [0.717, 1.165) is 0 Å². The molecule has 0 saturated heterocycles. The lowest BCUT2D eigenvalue weighted by Crippen LogP contribution is -2.59. The number of aliphatic hydroxyl groups excluding tert-OH is 1. The molecule has 0 aliphatic carbocycles. The van der Waals surface area contributed by atoms with Crippen molar-refractivity contribution in [2.24, 2.45) is 11.5 Å². The summed E-state index contributed by atoms with van der Waals surface area (Å²) in [5.74, 6) is -5.02. The predicted octanol–water partition coefficient (Wildman–Crippen LogP) is -3.07. The molecule has 2 aromatic rings. The summed E-state index contributed by atoms with van der Waals surface area (Å²) in [5, 5.41) is 25.9. The van der Waals surface area contributed by atoms with Crippen LogP contribution in [0.4, 0.5) is 0 Å². The van der Waals surface area contributed by atoms with Gasteiger partial charge in [-0.3, -0.25) is 19.2 Å². The molecule has 194 valence electrons. The van der Waals surface area contributed by atoms with Crippen LogP contribution in [0.2, 0.25) is 0 Å². The number of aliphatic hydroxyl groups is 1. The maximum atomic E-state index is 12.8. The van der Waals surface area contributed by atoms with Gasteiger partial charge in [0.2, 0.25) is 23.6 Å². The van der Waals surface area contributed by atoms with Crippen molar-refractivity contribution in [1.29, 1.82) is 0 Å². The molecule has 14 nitrogen and oxygen atoms in total. The minimum Gasteiger partial charge on any atom is -0.480 e. The van der Waals surface area contributed by atoms with E-state index in [1.165, 1.54) is 12.5 Å². The van der Waals surface area contributed by atoms with Crippen LogP contribution in [0.1, 0.15) is 17.7 Å². The fourth-order valence-electron chi connectivity index (χ4n) is 3.20. The highest BCUT2D eigenvalue weighted by Gasteiger charge is 2.31. The number of hydrogen-bond acceptors (Lipinski definition) is 8. The topological polar surface area (TPSA) is 243 Å². The van der Waals surface area contributed by atoms with Crippen LogP contribution in [0, 0.1) is 0 Å². The number of carboxylic acid groups (broad SMARTS) is 1. The molecule has 4 unspecified atom stereocenters. The Morgan fingerprint density at radius 3 is 2.08 bits per heavy atom. The molecule has 14 heteroatoms. The van der Waals surface area contributed by atoms with Gasteiger partial charge >= 0.3 is 5.97 Å². The lowest BCUT2D eigenvalue weighted by molar-refractivity contribution is -0.142. The van der Waals surface area contributed by atoms with Crippen molar-refractivity contribution in [1.82, 2.24) is 25.9 Å². The highest BCUT2D eigenvalue weighted by atomic mass is 16.4. The molecule has 0 spiro atoms. The number of carbonyl (C=O) groups excluding carboxylic acids is 4. The van der Waals surface area contributed by atoms with Crippen molar-refractivity contribution in [2.75, 3.05) is 6.61 Å². The van der Waals surface area contributed by atoms with Crippen molar-refractivity contribution >= 4 is 29.6 Å². The Balaban J connectivity index is 2.04. The molecule has 0 radical (unpaired) electrons. The number of imidazole rings is 1. The second-order valence-electron chi connectivity index (χ2n) is 7.95. The third-order valence-electron chi connectivity index (χ3n) is 5.08. The fraction of sp³-hybridized carbons (Fsp3) is 0.364. The van der Waals surface area contributed by atoms with E-state index in [9.17, 15) is 34.2 Å². The van der Waals surface area contributed by atoms with Gasteiger partial charge in [-0.05, 0) is 5.56 Å². The van der Waals surface area contributed by atoms with Gasteiger partial charge in [0.15, 0.2) is 0 Å². The number of carbonyl (C=O) groups is 5. The number of aliphatic carboxylic acids is 1. The van der Waals surface area contributed by atoms with Crippen LogP contribution in [0.5, 0.6) is 0 Å². The van der Waals surface area contributed by atoms with E-state index in [1.807, 2.05) is 0 Å². The molecule has 10 N–H and O–H groups in total. The van der Waals surface area contributed by atoms with Gasteiger partial charge in [0.25, 0.3) is 0 Å². The first kappa shape index (κ1) is 27.9. The molecule has 0 aliphatic rings. The highest BCUT2D eigenvalue weighted by molar-refractivity contribution is 5.96. The third-order valence-corrected chi connectivity index (χ3v) is 5.08. The maximum absolute atomic E-state index is 12.8. The number of rotatable bonds is 14. The monoisotopic (exact) mass is 503 g/mol. The zero-order chi connectivity index (χ0) is 26.7. The number of aromatic nitrogens is 2. The van der Waals surface area contributed by atoms with Crippen LogP contribution >= 0.6 is 0 Å². The van der Waals surface area contributed by atoms with Gasteiger partial charge < -0.3 is 42.6 Å². The fourth-order valence-corrected chi connectivity index (χ4v) is 3.20. The van der Waals surface area contributed by atoms with Gasteiger partial charge in [0, 0.05) is 24.7 Å². The van der Waals surface area contributed by atoms with E-state index in [-0.39, 0.29) is 12.8 Å². The second-order valence-corrected chi connectivity index (χ2v) is 7.95. The van der Waals surface area contributed by atoms with Crippen LogP contribution < -0.4 is 27.4 Å². The average molecular weight is 504 g/mol. The third kappa shape index (κ3) is 8.81. The van der Waals surface area contributed by atoms with Crippen molar-refractivity contribution < 1.29 is 34.2 Å². The maximum Gasteiger partial charge on any atom is 0.326 e. The SMILES string of the molecule is NC(=O)CC(NC(=O)C(CO)NC(=O)C(N)Cc1cnc[nH]1)C(=O)NC(Cc1ccccc1)C(=O)O. The number of carboxylic acids is 1. The summed E-state index contributed by atoms with van der Waals surface area (Å²) in [5.41, 5.74) is 12.2. The minimum absolute atomic E-state index is 0.0529. The molecule has 0 saturated carbocycles. The van der Waals surface area contributed by atoms with E-state index < -0.39 is 66.8 Å². The first-order valence-electron chi connectivity index (χ1n) is 10.9. The number of hydrogen-bond donors (Lipinski definition) is 8. The summed E-state index contributed by atoms with van der Waals surface area (Å²) in [7, 11) is 0. The molecule has 4 atom stereocenters. The van der Waals surface area contributed by atoms with E-state index in [2.05, 4.69) is 25.9 Å². The van der Waals surface area contributed by atoms with Crippen molar-refractivity contribution in [3.05, 3.63) is 54.1 Å². The normalized spacial score (nSPS) is 14.1. The number of aromatic amines is 1. The quantitative estimate of drug-likeness (QED) is 0.130. The molecule has 2 rings (SSSR count). The molecule has 0 aliphatic heterocycles. The number of nitrogens with two attached hydrogens (primary N) is 2. The van der Waals surface area contributed by atoms with Crippen LogP contribution in [-0.4, -0.2) is 80.6 Å². The average Bonchev–Trinajstić information content (AvgIpc) is 3.34. The van der Waals surface area contributed by atoms with Gasteiger partial charge in [0.1, 0.15) is 18.1 Å². The molecule has 4 amide bonds. The molecule has 1 aromatic heterocycles. The Kier molecular flexibility index (Phi) is 10.5. The van der Waals surface area contributed by atoms with Gasteiger partial charge in [-0.15, -0.1) is 0 Å². The lowest BCUT2D eigenvalue weighted by Gasteiger charge is -2.24. The summed E-state index contributed by atoms with van der Waals surface area (Å²) in [6.07, 6.45) is 2.25. The Hall–Kier alpha value is -4.30. The first-order chi connectivity index (χ1) is 17.1. The predicted molar refractivity (Wildman–Crippen MR) is 125 cm³/mol. The van der Waals surface area contributed by atoms with E-state index in [1.54, 1.807) is 30.3 Å². The van der Waals surface area contributed by atoms with Gasteiger partial charge in [0.05, 0.1) is 25.4 Å². The number of primary amides is 1.